The van der Waals surface area contributed by atoms with Crippen molar-refractivity contribution in [2.24, 2.45) is 25.9 Å². The third-order valence-electron chi connectivity index (χ3n) is 6.84. The normalized spacial score (nSPS) is 22.0. The minimum atomic E-state index is -0.354. The summed E-state index contributed by atoms with van der Waals surface area (Å²) >= 11 is 6.13. The van der Waals surface area contributed by atoms with Gasteiger partial charge in [-0.3, -0.25) is 13.9 Å². The molecule has 32 heavy (non-hydrogen) atoms. The van der Waals surface area contributed by atoms with E-state index in [-0.39, 0.29) is 17.8 Å². The lowest BCUT2D eigenvalue weighted by Gasteiger charge is -2.21. The Kier molecular flexibility index (Phi) is 4.13. The van der Waals surface area contributed by atoms with Gasteiger partial charge in [0.1, 0.15) is 12.1 Å². The molecule has 0 spiro atoms. The van der Waals surface area contributed by atoms with Crippen molar-refractivity contribution in [1.82, 2.24) is 23.8 Å². The molecule has 0 N–H and O–H groups in total. The van der Waals surface area contributed by atoms with Gasteiger partial charge in [0.15, 0.2) is 5.82 Å². The number of halogens is 1. The number of aromatic nitrogens is 5. The molecule has 1 unspecified atom stereocenters. The van der Waals surface area contributed by atoms with Crippen LogP contribution in [0.15, 0.2) is 50.6 Å². The van der Waals surface area contributed by atoms with E-state index in [1.54, 1.807) is 23.9 Å². The number of fused-ring (bicyclic) bond motifs is 2. The van der Waals surface area contributed by atoms with Gasteiger partial charge in [-0.25, -0.2) is 4.79 Å². The predicted molar refractivity (Wildman–Crippen MR) is 119 cm³/mol. The van der Waals surface area contributed by atoms with Crippen LogP contribution in [0.3, 0.4) is 0 Å². The van der Waals surface area contributed by atoms with E-state index in [1.165, 1.54) is 11.6 Å². The molecule has 1 saturated heterocycles. The minimum Gasteiger partial charge on any atom is -0.371 e. The third-order valence-corrected chi connectivity index (χ3v) is 7.07. The SMILES string of the molecule is Cn1c(=O)c2c(ccn2Cc2nc(C3[C@H]4CN(c5cccc(Cl)c5)C[C@@H]34)no2)n(C)c1=O. The molecule has 1 aromatic carbocycles. The van der Waals surface area contributed by atoms with Gasteiger partial charge in [0.25, 0.3) is 5.56 Å². The fourth-order valence-electron chi connectivity index (χ4n) is 5.08. The molecule has 1 aliphatic heterocycles. The van der Waals surface area contributed by atoms with Crippen LogP contribution in [0.4, 0.5) is 5.69 Å². The van der Waals surface area contributed by atoms with E-state index >= 15 is 0 Å². The number of rotatable bonds is 4. The van der Waals surface area contributed by atoms with Crippen LogP contribution in [0.25, 0.3) is 11.0 Å². The summed E-state index contributed by atoms with van der Waals surface area (Å²) < 4.78 is 9.84. The van der Waals surface area contributed by atoms with E-state index < -0.39 is 0 Å². The number of aryl methyl sites for hydroxylation is 1. The number of nitrogens with zero attached hydrogens (tertiary/aromatic N) is 6. The monoisotopic (exact) mass is 452 g/mol. The van der Waals surface area contributed by atoms with Gasteiger partial charge < -0.3 is 14.0 Å². The molecular weight excluding hydrogens is 432 g/mol. The summed E-state index contributed by atoms with van der Waals surface area (Å²) in [6.07, 6.45) is 1.77. The first-order valence-corrected chi connectivity index (χ1v) is 10.9. The fraction of sp³-hybridized carbons (Fsp3) is 0.364. The molecule has 10 heteroatoms. The highest BCUT2D eigenvalue weighted by Crippen LogP contribution is 2.58. The predicted octanol–water partition coefficient (Wildman–Crippen LogP) is 1.97. The van der Waals surface area contributed by atoms with Gasteiger partial charge >= 0.3 is 5.69 Å². The second-order valence-corrected chi connectivity index (χ2v) is 9.10. The zero-order valence-electron chi connectivity index (χ0n) is 17.6. The van der Waals surface area contributed by atoms with Crippen molar-refractivity contribution in [2.45, 2.75) is 12.5 Å². The minimum absolute atomic E-state index is 0.278. The Bertz CT molecular complexity index is 1470. The summed E-state index contributed by atoms with van der Waals surface area (Å²) in [4.78, 5) is 31.8. The second-order valence-electron chi connectivity index (χ2n) is 8.67. The smallest absolute Gasteiger partial charge is 0.331 e. The summed E-state index contributed by atoms with van der Waals surface area (Å²) in [7, 11) is 3.13. The van der Waals surface area contributed by atoms with Crippen LogP contribution in [0.1, 0.15) is 17.6 Å². The van der Waals surface area contributed by atoms with E-state index in [2.05, 4.69) is 21.1 Å². The Morgan fingerprint density at radius 2 is 1.91 bits per heavy atom. The van der Waals surface area contributed by atoms with Crippen molar-refractivity contribution >= 4 is 28.3 Å². The van der Waals surface area contributed by atoms with Crippen molar-refractivity contribution in [2.75, 3.05) is 18.0 Å². The van der Waals surface area contributed by atoms with Crippen molar-refractivity contribution in [3.63, 3.8) is 0 Å². The van der Waals surface area contributed by atoms with E-state index in [0.29, 0.717) is 34.7 Å². The average Bonchev–Trinajstić information content (AvgIpc) is 3.23. The van der Waals surface area contributed by atoms with Crippen molar-refractivity contribution < 1.29 is 4.52 Å². The summed E-state index contributed by atoms with van der Waals surface area (Å²) in [6.45, 7) is 2.18. The maximum atomic E-state index is 12.6. The molecule has 0 bridgehead atoms. The summed E-state index contributed by atoms with van der Waals surface area (Å²) in [5.41, 5.74) is 1.47. The zero-order valence-corrected chi connectivity index (χ0v) is 18.4. The van der Waals surface area contributed by atoms with E-state index in [4.69, 9.17) is 16.1 Å². The Labute approximate surface area is 187 Å². The van der Waals surface area contributed by atoms with Crippen molar-refractivity contribution in [1.29, 1.82) is 0 Å². The summed E-state index contributed by atoms with van der Waals surface area (Å²) in [6, 6.07) is 9.69. The van der Waals surface area contributed by atoms with Gasteiger partial charge in [0, 0.05) is 50.0 Å². The van der Waals surface area contributed by atoms with Crippen LogP contribution < -0.4 is 16.1 Å². The molecule has 6 rings (SSSR count). The van der Waals surface area contributed by atoms with E-state index in [0.717, 1.165) is 34.2 Å². The Balaban J connectivity index is 1.20. The lowest BCUT2D eigenvalue weighted by atomic mass is 10.2. The summed E-state index contributed by atoms with van der Waals surface area (Å²) in [5.74, 6) is 2.50. The molecule has 4 aromatic rings. The maximum Gasteiger partial charge on any atom is 0.331 e. The number of hydrogen-bond acceptors (Lipinski definition) is 6. The van der Waals surface area contributed by atoms with Crippen LogP contribution >= 0.6 is 11.6 Å². The quantitative estimate of drug-likeness (QED) is 0.470. The first-order valence-electron chi connectivity index (χ1n) is 10.5. The Morgan fingerprint density at radius 1 is 1.12 bits per heavy atom. The van der Waals surface area contributed by atoms with Crippen molar-refractivity contribution in [3.8, 4) is 0 Å². The molecule has 3 aromatic heterocycles. The van der Waals surface area contributed by atoms with Gasteiger partial charge in [-0.1, -0.05) is 22.8 Å². The highest BCUT2D eigenvalue weighted by Gasteiger charge is 2.58. The number of piperidine rings is 1. The highest BCUT2D eigenvalue weighted by molar-refractivity contribution is 6.30. The van der Waals surface area contributed by atoms with Crippen LogP contribution in [0.5, 0.6) is 0 Å². The van der Waals surface area contributed by atoms with Crippen molar-refractivity contribution in [3.05, 3.63) is 74.1 Å². The molecule has 1 saturated carbocycles. The van der Waals surface area contributed by atoms with E-state index in [1.807, 2.05) is 18.2 Å². The van der Waals surface area contributed by atoms with E-state index in [9.17, 15) is 9.59 Å². The lowest BCUT2D eigenvalue weighted by Crippen LogP contribution is -2.37. The van der Waals surface area contributed by atoms with Gasteiger partial charge in [-0.05, 0) is 36.1 Å². The molecule has 2 aliphatic rings. The second kappa shape index (κ2) is 6.83. The Hall–Kier alpha value is -3.33. The Morgan fingerprint density at radius 3 is 2.66 bits per heavy atom. The molecule has 2 fully saturated rings. The van der Waals surface area contributed by atoms with Crippen LogP contribution in [-0.2, 0) is 20.6 Å². The average molecular weight is 453 g/mol. The molecule has 0 radical (unpaired) electrons. The fourth-order valence-corrected chi connectivity index (χ4v) is 5.26. The number of benzene rings is 1. The molecule has 0 amide bonds. The zero-order chi connectivity index (χ0) is 22.1. The highest BCUT2D eigenvalue weighted by atomic mass is 35.5. The van der Waals surface area contributed by atoms with Crippen LogP contribution in [-0.4, -0.2) is 36.9 Å². The first-order chi connectivity index (χ1) is 15.4. The first kappa shape index (κ1) is 19.4. The van der Waals surface area contributed by atoms with Crippen LogP contribution in [0, 0.1) is 11.8 Å². The largest absolute Gasteiger partial charge is 0.371 e. The molecule has 1 aliphatic carbocycles. The van der Waals surface area contributed by atoms with Gasteiger partial charge in [0.05, 0.1) is 5.52 Å². The molecule has 4 heterocycles. The van der Waals surface area contributed by atoms with Gasteiger partial charge in [-0.2, -0.15) is 4.98 Å². The van der Waals surface area contributed by atoms with Gasteiger partial charge in [-0.15, -0.1) is 0 Å². The van der Waals surface area contributed by atoms with Gasteiger partial charge in [0.2, 0.25) is 5.89 Å². The topological polar surface area (TPSA) is 91.1 Å². The number of hydrogen-bond donors (Lipinski definition) is 0. The molecule has 3 atom stereocenters. The van der Waals surface area contributed by atoms with Crippen LogP contribution in [0.2, 0.25) is 5.02 Å². The third kappa shape index (κ3) is 2.84. The lowest BCUT2D eigenvalue weighted by molar-refractivity contribution is 0.366. The molecule has 9 nitrogen and oxygen atoms in total. The molecular formula is C22H21ClN6O3. The summed E-state index contributed by atoms with van der Waals surface area (Å²) in [5, 5.41) is 4.97. The molecule has 164 valence electrons. The number of anilines is 1. The standard InChI is InChI=1S/C22H21ClN6O3/c1-26-16-6-7-28(19(16)21(30)27(2)22(26)31)11-17-24-20(25-32-17)18-14-9-29(10-15(14)18)13-5-3-4-12(23)8-13/h3-8,14-15,18H,9-11H2,1-2H3/t14-,15+,18?. The maximum absolute atomic E-state index is 12.6.